The van der Waals surface area contributed by atoms with E-state index in [-0.39, 0.29) is 6.10 Å². The molecule has 0 bridgehead atoms. The third kappa shape index (κ3) is 14.3. The Labute approximate surface area is 278 Å². The average molecular weight is 617 g/mol. The number of unbranched alkanes of at least 4 members (excludes halogenated alkanes) is 2. The summed E-state index contributed by atoms with van der Waals surface area (Å²) in [5.74, 6) is 4.06. The lowest BCUT2D eigenvalue weighted by atomic mass is 9.78. The van der Waals surface area contributed by atoms with Crippen molar-refractivity contribution in [1.29, 1.82) is 0 Å². The maximum Gasteiger partial charge on any atom is 0.0785 e. The van der Waals surface area contributed by atoms with Crippen molar-refractivity contribution in [3.63, 3.8) is 0 Å². The van der Waals surface area contributed by atoms with Gasteiger partial charge in [-0.3, -0.25) is 0 Å². The largest absolute Gasteiger partial charge is 0.374 e. The lowest BCUT2D eigenvalue weighted by Crippen LogP contribution is -2.15. The Hall–Kier alpha value is -1.64. The van der Waals surface area contributed by atoms with Crippen LogP contribution in [0.25, 0.3) is 0 Å². The third-order valence-corrected chi connectivity index (χ3v) is 11.2. The van der Waals surface area contributed by atoms with Crippen molar-refractivity contribution in [2.45, 2.75) is 169 Å². The summed E-state index contributed by atoms with van der Waals surface area (Å²) in [6.07, 6.45) is 28.3. The Morgan fingerprint density at radius 1 is 0.511 bits per heavy atom. The molecule has 0 saturated heterocycles. The summed E-state index contributed by atoms with van der Waals surface area (Å²) in [5, 5.41) is 0. The summed E-state index contributed by atoms with van der Waals surface area (Å²) < 4.78 is 12.1. The minimum atomic E-state index is 0.0858. The number of ether oxygens (including phenoxy) is 2. The Balaban J connectivity index is 0.996. The maximum atomic E-state index is 6.10. The van der Waals surface area contributed by atoms with Crippen molar-refractivity contribution in [2.75, 3.05) is 6.61 Å². The van der Waals surface area contributed by atoms with E-state index in [2.05, 4.69) is 69.3 Å². The van der Waals surface area contributed by atoms with Gasteiger partial charge in [0.25, 0.3) is 0 Å². The number of rotatable bonds is 21. The summed E-state index contributed by atoms with van der Waals surface area (Å²) in [6, 6.07) is 18.2. The first-order valence-corrected chi connectivity index (χ1v) is 19.5. The third-order valence-electron chi connectivity index (χ3n) is 11.2. The van der Waals surface area contributed by atoms with E-state index in [1.807, 2.05) is 0 Å². The van der Waals surface area contributed by atoms with E-state index in [0.29, 0.717) is 19.8 Å². The van der Waals surface area contributed by atoms with E-state index in [1.165, 1.54) is 151 Å². The summed E-state index contributed by atoms with van der Waals surface area (Å²) in [7, 11) is 0. The quantitative estimate of drug-likeness (QED) is 0.130. The SMILES string of the molecule is CCCC1CCC(CCCCc2ccc(COC[C@@H](C)OCc3ccc(CCCCC4CCC(CCC)CC4)cc3)cc2)CC1. The molecule has 0 N–H and O–H groups in total. The van der Waals surface area contributed by atoms with Crippen LogP contribution in [0.4, 0.5) is 0 Å². The van der Waals surface area contributed by atoms with Crippen LogP contribution in [0.15, 0.2) is 48.5 Å². The van der Waals surface area contributed by atoms with E-state index in [1.54, 1.807) is 0 Å². The van der Waals surface area contributed by atoms with Gasteiger partial charge in [-0.15, -0.1) is 0 Å². The van der Waals surface area contributed by atoms with Crippen LogP contribution in [0, 0.1) is 23.7 Å². The first-order chi connectivity index (χ1) is 22.1. The maximum absolute atomic E-state index is 6.10. The molecular weight excluding hydrogens is 548 g/mol. The Morgan fingerprint density at radius 3 is 1.31 bits per heavy atom. The van der Waals surface area contributed by atoms with Crippen LogP contribution in [0.3, 0.4) is 0 Å². The summed E-state index contributed by atoms with van der Waals surface area (Å²) >= 11 is 0. The van der Waals surface area contributed by atoms with Crippen molar-refractivity contribution in [1.82, 2.24) is 0 Å². The number of hydrogen-bond acceptors (Lipinski definition) is 2. The predicted octanol–water partition coefficient (Wildman–Crippen LogP) is 12.4. The van der Waals surface area contributed by atoms with Crippen molar-refractivity contribution in [3.05, 3.63) is 70.8 Å². The Bertz CT molecular complexity index is 995. The fourth-order valence-electron chi connectivity index (χ4n) is 8.19. The Morgan fingerprint density at radius 2 is 0.889 bits per heavy atom. The molecule has 1 atom stereocenters. The molecular formula is C43H68O2. The van der Waals surface area contributed by atoms with Gasteiger partial charge in [0.05, 0.1) is 25.9 Å². The van der Waals surface area contributed by atoms with Gasteiger partial charge >= 0.3 is 0 Å². The van der Waals surface area contributed by atoms with Gasteiger partial charge in [0.15, 0.2) is 0 Å². The molecule has 2 aliphatic carbocycles. The topological polar surface area (TPSA) is 18.5 Å². The molecule has 252 valence electrons. The highest BCUT2D eigenvalue weighted by atomic mass is 16.5. The molecule has 4 rings (SSSR count). The van der Waals surface area contributed by atoms with E-state index < -0.39 is 0 Å². The molecule has 45 heavy (non-hydrogen) atoms. The lowest BCUT2D eigenvalue weighted by Gasteiger charge is -2.28. The molecule has 0 unspecified atom stereocenters. The van der Waals surface area contributed by atoms with Gasteiger partial charge in [-0.1, -0.05) is 165 Å². The van der Waals surface area contributed by atoms with Gasteiger partial charge < -0.3 is 9.47 Å². The standard InChI is InChI=1S/C43H68O2/c1-4-10-36-16-20-38(21-17-36)12-6-8-14-40-24-28-42(29-25-40)33-44-32-35(3)45-34-43-30-26-41(27-31-43)15-9-7-13-39-22-18-37(11-5-2)19-23-39/h24-31,35-39H,4-23,32-34H2,1-3H3/t35-,36?,37?,38?,39?/m1/s1. The number of hydrogen-bond donors (Lipinski definition) is 0. The van der Waals surface area contributed by atoms with Crippen molar-refractivity contribution >= 4 is 0 Å². The fraction of sp³-hybridized carbons (Fsp3) is 0.721. The first-order valence-electron chi connectivity index (χ1n) is 19.5. The van der Waals surface area contributed by atoms with Crippen LogP contribution in [-0.2, 0) is 35.5 Å². The zero-order valence-corrected chi connectivity index (χ0v) is 29.6. The van der Waals surface area contributed by atoms with E-state index in [9.17, 15) is 0 Å². The second-order valence-corrected chi connectivity index (χ2v) is 15.1. The Kier molecular flexibility index (Phi) is 17.1. The first kappa shape index (κ1) is 36.2. The van der Waals surface area contributed by atoms with Crippen molar-refractivity contribution in [2.24, 2.45) is 23.7 Å². The zero-order chi connectivity index (χ0) is 31.5. The molecule has 2 aliphatic rings. The van der Waals surface area contributed by atoms with Crippen LogP contribution in [0.5, 0.6) is 0 Å². The molecule has 0 amide bonds. The van der Waals surface area contributed by atoms with Crippen LogP contribution in [0.2, 0.25) is 0 Å². The number of benzene rings is 2. The molecule has 0 heterocycles. The van der Waals surface area contributed by atoms with Gasteiger partial charge in [0.1, 0.15) is 0 Å². The zero-order valence-electron chi connectivity index (χ0n) is 29.6. The summed E-state index contributed by atoms with van der Waals surface area (Å²) in [4.78, 5) is 0. The second-order valence-electron chi connectivity index (χ2n) is 15.1. The molecule has 0 radical (unpaired) electrons. The average Bonchev–Trinajstić information content (AvgIpc) is 3.07. The minimum Gasteiger partial charge on any atom is -0.374 e. The molecule has 2 fully saturated rings. The van der Waals surface area contributed by atoms with Crippen LogP contribution in [-0.4, -0.2) is 12.7 Å². The molecule has 0 aliphatic heterocycles. The van der Waals surface area contributed by atoms with E-state index >= 15 is 0 Å². The van der Waals surface area contributed by atoms with Gasteiger partial charge in [0, 0.05) is 0 Å². The molecule has 0 spiro atoms. The molecule has 2 saturated carbocycles. The molecule has 2 heteroatoms. The van der Waals surface area contributed by atoms with Crippen molar-refractivity contribution in [3.8, 4) is 0 Å². The van der Waals surface area contributed by atoms with Gasteiger partial charge in [-0.2, -0.15) is 0 Å². The normalized spacial score (nSPS) is 22.8. The summed E-state index contributed by atoms with van der Waals surface area (Å²) in [5.41, 5.74) is 5.44. The molecule has 2 nitrogen and oxygen atoms in total. The highest BCUT2D eigenvalue weighted by Crippen LogP contribution is 2.35. The highest BCUT2D eigenvalue weighted by Gasteiger charge is 2.21. The van der Waals surface area contributed by atoms with Crippen molar-refractivity contribution < 1.29 is 9.47 Å². The molecule has 2 aromatic rings. The minimum absolute atomic E-state index is 0.0858. The van der Waals surface area contributed by atoms with Crippen LogP contribution in [0.1, 0.15) is 159 Å². The predicted molar refractivity (Wildman–Crippen MR) is 193 cm³/mol. The fourth-order valence-corrected chi connectivity index (χ4v) is 8.19. The lowest BCUT2D eigenvalue weighted by molar-refractivity contribution is -0.0198. The molecule has 0 aromatic heterocycles. The molecule has 2 aromatic carbocycles. The van der Waals surface area contributed by atoms with Crippen LogP contribution < -0.4 is 0 Å². The van der Waals surface area contributed by atoms with Crippen LogP contribution >= 0.6 is 0 Å². The van der Waals surface area contributed by atoms with Gasteiger partial charge in [-0.05, 0) is 78.5 Å². The van der Waals surface area contributed by atoms with Gasteiger partial charge in [0.2, 0.25) is 0 Å². The summed E-state index contributed by atoms with van der Waals surface area (Å²) in [6.45, 7) is 8.72. The van der Waals surface area contributed by atoms with Gasteiger partial charge in [-0.25, -0.2) is 0 Å². The van der Waals surface area contributed by atoms with E-state index in [0.717, 1.165) is 23.7 Å². The van der Waals surface area contributed by atoms with E-state index in [4.69, 9.17) is 9.47 Å². The highest BCUT2D eigenvalue weighted by molar-refractivity contribution is 5.23. The monoisotopic (exact) mass is 617 g/mol. The second kappa shape index (κ2) is 21.3. The smallest absolute Gasteiger partial charge is 0.0785 e. The number of aryl methyl sites for hydroxylation is 2.